The first kappa shape index (κ1) is 12.2. The first-order valence-corrected chi connectivity index (χ1v) is 5.84. The molecule has 94 valence electrons. The number of benzene rings is 1. The van der Waals surface area contributed by atoms with Crippen molar-refractivity contribution in [2.45, 2.75) is 13.3 Å². The van der Waals surface area contributed by atoms with E-state index in [4.69, 9.17) is 0 Å². The molecule has 0 atom stereocenters. The van der Waals surface area contributed by atoms with Gasteiger partial charge in [-0.2, -0.15) is 5.10 Å². The Balaban J connectivity index is 2.25. The third-order valence-electron chi connectivity index (χ3n) is 2.47. The van der Waals surface area contributed by atoms with Gasteiger partial charge in [-0.1, -0.05) is 25.1 Å². The molecule has 1 amide bonds. The summed E-state index contributed by atoms with van der Waals surface area (Å²) in [6.45, 7) is 2.53. The zero-order chi connectivity index (χ0) is 13.0. The molecule has 18 heavy (non-hydrogen) atoms. The van der Waals surface area contributed by atoms with Crippen LogP contribution in [0.15, 0.2) is 36.5 Å². The SMILES string of the molecule is CCCNC(=O)c1nn(-c2ccccc2)cc1O. The predicted molar refractivity (Wildman–Crippen MR) is 67.9 cm³/mol. The quantitative estimate of drug-likeness (QED) is 0.861. The number of hydrogen-bond acceptors (Lipinski definition) is 3. The Hall–Kier alpha value is -2.30. The summed E-state index contributed by atoms with van der Waals surface area (Å²) in [5.41, 5.74) is 0.842. The van der Waals surface area contributed by atoms with Gasteiger partial charge in [0, 0.05) is 6.54 Å². The summed E-state index contributed by atoms with van der Waals surface area (Å²) in [5, 5.41) is 16.5. The minimum Gasteiger partial charge on any atom is -0.504 e. The van der Waals surface area contributed by atoms with Crippen LogP contribution in [0.4, 0.5) is 0 Å². The van der Waals surface area contributed by atoms with Gasteiger partial charge in [-0.05, 0) is 18.6 Å². The van der Waals surface area contributed by atoms with Gasteiger partial charge in [0.1, 0.15) is 0 Å². The maximum Gasteiger partial charge on any atom is 0.275 e. The smallest absolute Gasteiger partial charge is 0.275 e. The van der Waals surface area contributed by atoms with Crippen LogP contribution in [-0.4, -0.2) is 27.3 Å². The van der Waals surface area contributed by atoms with Gasteiger partial charge < -0.3 is 10.4 Å². The molecule has 0 saturated heterocycles. The van der Waals surface area contributed by atoms with E-state index >= 15 is 0 Å². The maximum atomic E-state index is 11.7. The molecular formula is C13H15N3O2. The Bertz CT molecular complexity index is 534. The molecule has 1 heterocycles. The van der Waals surface area contributed by atoms with E-state index in [0.717, 1.165) is 12.1 Å². The largest absolute Gasteiger partial charge is 0.504 e. The first-order chi connectivity index (χ1) is 8.72. The van der Waals surface area contributed by atoms with Crippen LogP contribution in [0.5, 0.6) is 5.75 Å². The summed E-state index contributed by atoms with van der Waals surface area (Å²) in [4.78, 5) is 11.7. The van der Waals surface area contributed by atoms with Crippen LogP contribution < -0.4 is 5.32 Å². The number of nitrogens with one attached hydrogen (secondary N) is 1. The number of carbonyl (C=O) groups excluding carboxylic acids is 1. The summed E-state index contributed by atoms with van der Waals surface area (Å²) in [6.07, 6.45) is 2.27. The van der Waals surface area contributed by atoms with Gasteiger partial charge in [-0.25, -0.2) is 4.68 Å². The highest BCUT2D eigenvalue weighted by molar-refractivity contribution is 5.94. The average Bonchev–Trinajstić information content (AvgIpc) is 2.79. The monoisotopic (exact) mass is 245 g/mol. The number of aromatic nitrogens is 2. The Morgan fingerprint density at radius 1 is 1.39 bits per heavy atom. The van der Waals surface area contributed by atoms with Crippen molar-refractivity contribution in [3.8, 4) is 11.4 Å². The molecule has 0 aliphatic heterocycles. The van der Waals surface area contributed by atoms with Crippen LogP contribution >= 0.6 is 0 Å². The van der Waals surface area contributed by atoms with Crippen molar-refractivity contribution in [2.75, 3.05) is 6.54 Å². The first-order valence-electron chi connectivity index (χ1n) is 5.84. The molecule has 0 radical (unpaired) electrons. The molecule has 1 aromatic heterocycles. The van der Waals surface area contributed by atoms with Gasteiger partial charge in [0.05, 0.1) is 11.9 Å². The van der Waals surface area contributed by atoms with Crippen molar-refractivity contribution < 1.29 is 9.90 Å². The average molecular weight is 245 g/mol. The minimum atomic E-state index is -0.357. The van der Waals surface area contributed by atoms with Crippen molar-refractivity contribution in [1.82, 2.24) is 15.1 Å². The Morgan fingerprint density at radius 3 is 2.78 bits per heavy atom. The third kappa shape index (κ3) is 2.51. The van der Waals surface area contributed by atoms with Crippen molar-refractivity contribution >= 4 is 5.91 Å². The summed E-state index contributed by atoms with van der Waals surface area (Å²) >= 11 is 0. The topological polar surface area (TPSA) is 67.2 Å². The molecule has 0 aliphatic rings. The lowest BCUT2D eigenvalue weighted by Gasteiger charge is -2.00. The fourth-order valence-corrected chi connectivity index (χ4v) is 1.56. The van der Waals surface area contributed by atoms with Gasteiger partial charge in [0.2, 0.25) is 0 Å². The van der Waals surface area contributed by atoms with Crippen molar-refractivity contribution in [3.63, 3.8) is 0 Å². The molecule has 0 saturated carbocycles. The van der Waals surface area contributed by atoms with E-state index in [2.05, 4.69) is 10.4 Å². The molecule has 2 aromatic rings. The van der Waals surface area contributed by atoms with E-state index in [1.54, 1.807) is 0 Å². The number of rotatable bonds is 4. The molecule has 5 nitrogen and oxygen atoms in total. The summed E-state index contributed by atoms with van der Waals surface area (Å²) < 4.78 is 1.48. The van der Waals surface area contributed by atoms with E-state index < -0.39 is 0 Å². The highest BCUT2D eigenvalue weighted by Crippen LogP contribution is 2.17. The second-order valence-corrected chi connectivity index (χ2v) is 3.90. The lowest BCUT2D eigenvalue weighted by molar-refractivity contribution is 0.0945. The molecule has 0 bridgehead atoms. The summed E-state index contributed by atoms with van der Waals surface area (Å²) in [6, 6.07) is 9.32. The van der Waals surface area contributed by atoms with Crippen LogP contribution in [-0.2, 0) is 0 Å². The lowest BCUT2D eigenvalue weighted by Crippen LogP contribution is -2.24. The van der Waals surface area contributed by atoms with Crippen LogP contribution in [0.2, 0.25) is 0 Å². The fourth-order valence-electron chi connectivity index (χ4n) is 1.56. The Kier molecular flexibility index (Phi) is 3.62. The Labute approximate surface area is 105 Å². The molecule has 2 rings (SSSR count). The molecule has 0 fully saturated rings. The molecule has 1 aromatic carbocycles. The van der Waals surface area contributed by atoms with Gasteiger partial charge in [0.25, 0.3) is 5.91 Å². The van der Waals surface area contributed by atoms with E-state index in [1.807, 2.05) is 37.3 Å². The Morgan fingerprint density at radius 2 is 2.11 bits per heavy atom. The molecule has 0 aliphatic carbocycles. The second kappa shape index (κ2) is 5.35. The van der Waals surface area contributed by atoms with Gasteiger partial charge in [-0.3, -0.25) is 4.79 Å². The zero-order valence-corrected chi connectivity index (χ0v) is 10.1. The minimum absolute atomic E-state index is 0.0484. The number of amides is 1. The molecule has 0 spiro atoms. The summed E-state index contributed by atoms with van der Waals surface area (Å²) in [5.74, 6) is -0.475. The number of aromatic hydroxyl groups is 1. The zero-order valence-electron chi connectivity index (χ0n) is 10.1. The van der Waals surface area contributed by atoms with Crippen molar-refractivity contribution in [2.24, 2.45) is 0 Å². The van der Waals surface area contributed by atoms with E-state index in [9.17, 15) is 9.90 Å². The summed E-state index contributed by atoms with van der Waals surface area (Å²) in [7, 11) is 0. The normalized spacial score (nSPS) is 10.3. The standard InChI is InChI=1S/C13H15N3O2/c1-2-8-14-13(18)12-11(17)9-16(15-12)10-6-4-3-5-7-10/h3-7,9,17H,2,8H2,1H3,(H,14,18). The van der Waals surface area contributed by atoms with E-state index in [0.29, 0.717) is 6.54 Å². The second-order valence-electron chi connectivity index (χ2n) is 3.90. The highest BCUT2D eigenvalue weighted by atomic mass is 16.3. The fraction of sp³-hybridized carbons (Fsp3) is 0.231. The predicted octanol–water partition coefficient (Wildman–Crippen LogP) is 1.72. The maximum absolute atomic E-state index is 11.7. The lowest BCUT2D eigenvalue weighted by atomic mass is 10.3. The third-order valence-corrected chi connectivity index (χ3v) is 2.47. The number of carbonyl (C=O) groups is 1. The molecule has 5 heteroatoms. The van der Waals surface area contributed by atoms with Gasteiger partial charge in [0.15, 0.2) is 11.4 Å². The molecule has 0 unspecified atom stereocenters. The number of hydrogen-bond donors (Lipinski definition) is 2. The van der Waals surface area contributed by atoms with Crippen LogP contribution in [0.3, 0.4) is 0 Å². The number of para-hydroxylation sites is 1. The van der Waals surface area contributed by atoms with Crippen LogP contribution in [0.25, 0.3) is 5.69 Å². The van der Waals surface area contributed by atoms with E-state index in [-0.39, 0.29) is 17.4 Å². The van der Waals surface area contributed by atoms with Crippen LogP contribution in [0.1, 0.15) is 23.8 Å². The van der Waals surface area contributed by atoms with Gasteiger partial charge >= 0.3 is 0 Å². The highest BCUT2D eigenvalue weighted by Gasteiger charge is 2.16. The van der Waals surface area contributed by atoms with Crippen molar-refractivity contribution in [1.29, 1.82) is 0 Å². The van der Waals surface area contributed by atoms with Crippen molar-refractivity contribution in [3.05, 3.63) is 42.2 Å². The van der Waals surface area contributed by atoms with Crippen LogP contribution in [0, 0.1) is 0 Å². The van der Waals surface area contributed by atoms with Gasteiger partial charge in [-0.15, -0.1) is 0 Å². The van der Waals surface area contributed by atoms with E-state index in [1.165, 1.54) is 10.9 Å². The number of nitrogens with zero attached hydrogens (tertiary/aromatic N) is 2. The molecule has 2 N–H and O–H groups in total. The molecular weight excluding hydrogens is 230 g/mol.